The van der Waals surface area contributed by atoms with E-state index < -0.39 is 5.97 Å². The van der Waals surface area contributed by atoms with Crippen LogP contribution in [0.2, 0.25) is 0 Å². The predicted molar refractivity (Wildman–Crippen MR) is 126 cm³/mol. The third-order valence-corrected chi connectivity index (χ3v) is 4.92. The molecule has 164 valence electrons. The van der Waals surface area contributed by atoms with E-state index in [0.717, 1.165) is 11.1 Å². The highest BCUT2D eigenvalue weighted by Crippen LogP contribution is 2.25. The maximum absolute atomic E-state index is 12.2. The third kappa shape index (κ3) is 6.01. The molecule has 2 N–H and O–H groups in total. The first-order chi connectivity index (χ1) is 15.3. The number of anilines is 2. The van der Waals surface area contributed by atoms with Crippen LogP contribution in [0.1, 0.15) is 35.4 Å². The quantitative estimate of drug-likeness (QED) is 0.525. The van der Waals surface area contributed by atoms with Gasteiger partial charge in [0.15, 0.2) is 0 Å². The molecule has 0 fully saturated rings. The molecule has 3 rings (SSSR count). The van der Waals surface area contributed by atoms with Gasteiger partial charge in [-0.3, -0.25) is 9.59 Å². The van der Waals surface area contributed by atoms with Crippen LogP contribution in [0.4, 0.5) is 11.5 Å². The van der Waals surface area contributed by atoms with E-state index in [1.165, 1.54) is 6.08 Å². The van der Waals surface area contributed by atoms with Gasteiger partial charge in [0.2, 0.25) is 5.91 Å². The fourth-order valence-electron chi connectivity index (χ4n) is 3.22. The molecule has 1 atom stereocenters. The molecule has 2 aromatic carbocycles. The van der Waals surface area contributed by atoms with Crippen LogP contribution in [0, 0.1) is 0 Å². The Bertz CT molecular complexity index is 1110. The number of hydrogen-bond acceptors (Lipinski definition) is 5. The number of carboxylic acids is 1. The number of rotatable bonds is 8. The van der Waals surface area contributed by atoms with Gasteiger partial charge in [-0.25, -0.2) is 9.97 Å². The van der Waals surface area contributed by atoms with Gasteiger partial charge >= 0.3 is 5.97 Å². The number of nitrogens with zero attached hydrogens (tertiary/aromatic N) is 3. The number of amides is 1. The Kier molecular flexibility index (Phi) is 7.33. The zero-order valence-electron chi connectivity index (χ0n) is 18.3. The zero-order chi connectivity index (χ0) is 23.1. The Morgan fingerprint density at radius 1 is 1.09 bits per heavy atom. The van der Waals surface area contributed by atoms with Crippen molar-refractivity contribution < 1.29 is 14.7 Å². The maximum atomic E-state index is 12.2. The van der Waals surface area contributed by atoms with Crippen LogP contribution in [0.3, 0.4) is 0 Å². The second kappa shape index (κ2) is 10.3. The van der Waals surface area contributed by atoms with Crippen LogP contribution in [0.25, 0.3) is 6.08 Å². The molecule has 32 heavy (non-hydrogen) atoms. The average molecular weight is 431 g/mol. The minimum Gasteiger partial charge on any atom is -0.481 e. The minimum absolute atomic E-state index is 0.102. The molecule has 0 aliphatic heterocycles. The van der Waals surface area contributed by atoms with Crippen LogP contribution in [-0.4, -0.2) is 41.0 Å². The summed E-state index contributed by atoms with van der Waals surface area (Å²) in [6.07, 6.45) is 4.71. The second-order valence-corrected chi connectivity index (χ2v) is 7.62. The van der Waals surface area contributed by atoms with Crippen LogP contribution >= 0.6 is 0 Å². The highest BCUT2D eigenvalue weighted by molar-refractivity contribution is 6.01. The average Bonchev–Trinajstić information content (AvgIpc) is 2.78. The lowest BCUT2D eigenvalue weighted by molar-refractivity contribution is -0.136. The van der Waals surface area contributed by atoms with Crippen molar-refractivity contribution >= 4 is 29.5 Å². The van der Waals surface area contributed by atoms with Gasteiger partial charge in [0.1, 0.15) is 11.6 Å². The SMILES string of the molecule is CC(c1ccc(NC(=O)/C=C/c2ccccc2)cc1)c1ncc(CC(=O)O)c(N(C)C)n1. The number of hydrogen-bond donors (Lipinski definition) is 2. The molecule has 7 nitrogen and oxygen atoms in total. The molecule has 0 saturated heterocycles. The van der Waals surface area contributed by atoms with Crippen molar-refractivity contribution in [1.82, 2.24) is 9.97 Å². The predicted octanol–water partition coefficient (Wildman–Crippen LogP) is 3.97. The Morgan fingerprint density at radius 3 is 2.41 bits per heavy atom. The number of nitrogens with one attached hydrogen (secondary N) is 1. The molecule has 1 amide bonds. The number of benzene rings is 2. The van der Waals surface area contributed by atoms with Gasteiger partial charge in [-0.1, -0.05) is 49.4 Å². The summed E-state index contributed by atoms with van der Waals surface area (Å²) < 4.78 is 0. The van der Waals surface area contributed by atoms with Crippen LogP contribution in [0.15, 0.2) is 66.9 Å². The van der Waals surface area contributed by atoms with Gasteiger partial charge in [-0.05, 0) is 29.3 Å². The highest BCUT2D eigenvalue weighted by Gasteiger charge is 2.17. The largest absolute Gasteiger partial charge is 0.481 e. The number of aromatic nitrogens is 2. The van der Waals surface area contributed by atoms with Gasteiger partial charge < -0.3 is 15.3 Å². The van der Waals surface area contributed by atoms with Gasteiger partial charge in [0.25, 0.3) is 0 Å². The van der Waals surface area contributed by atoms with Crippen molar-refractivity contribution in [3.8, 4) is 0 Å². The molecule has 1 heterocycles. The van der Waals surface area contributed by atoms with E-state index in [4.69, 9.17) is 5.11 Å². The van der Waals surface area contributed by atoms with Crippen LogP contribution in [-0.2, 0) is 16.0 Å². The minimum atomic E-state index is -0.922. The Morgan fingerprint density at radius 2 is 1.78 bits per heavy atom. The molecule has 0 aliphatic carbocycles. The summed E-state index contributed by atoms with van der Waals surface area (Å²) >= 11 is 0. The molecule has 0 bridgehead atoms. The first kappa shape index (κ1) is 22.7. The normalized spacial score (nSPS) is 11.8. The lowest BCUT2D eigenvalue weighted by Gasteiger charge is -2.18. The van der Waals surface area contributed by atoms with E-state index in [-0.39, 0.29) is 18.2 Å². The molecule has 1 aromatic heterocycles. The summed E-state index contributed by atoms with van der Waals surface area (Å²) in [6.45, 7) is 1.99. The van der Waals surface area contributed by atoms with Gasteiger partial charge in [0.05, 0.1) is 6.42 Å². The fourth-order valence-corrected chi connectivity index (χ4v) is 3.22. The highest BCUT2D eigenvalue weighted by atomic mass is 16.4. The number of aliphatic carboxylic acids is 1. The van der Waals surface area contributed by atoms with Gasteiger partial charge in [-0.15, -0.1) is 0 Å². The van der Waals surface area contributed by atoms with E-state index >= 15 is 0 Å². The van der Waals surface area contributed by atoms with Crippen molar-refractivity contribution in [2.45, 2.75) is 19.3 Å². The fraction of sp³-hybridized carbons (Fsp3) is 0.200. The van der Waals surface area contributed by atoms with Crippen LogP contribution in [0.5, 0.6) is 0 Å². The summed E-state index contributed by atoms with van der Waals surface area (Å²) in [4.78, 5) is 34.1. The van der Waals surface area contributed by atoms with E-state index in [1.54, 1.807) is 17.2 Å². The maximum Gasteiger partial charge on any atom is 0.308 e. The molecule has 3 aromatic rings. The molecule has 0 aliphatic rings. The molecule has 7 heteroatoms. The second-order valence-electron chi connectivity index (χ2n) is 7.62. The standard InChI is InChI=1S/C25H26N4O3/c1-17(24-26-16-20(15-23(31)32)25(28-24)29(2)3)19-10-12-21(13-11-19)27-22(30)14-9-18-7-5-4-6-8-18/h4-14,16-17H,15H2,1-3H3,(H,27,30)(H,31,32)/b14-9+. The summed E-state index contributed by atoms with van der Waals surface area (Å²) in [5.74, 6) is -0.0320. The number of carboxylic acid groups (broad SMARTS) is 1. The van der Waals surface area contributed by atoms with E-state index in [2.05, 4.69) is 15.3 Å². The lowest BCUT2D eigenvalue weighted by Crippen LogP contribution is -2.17. The first-order valence-corrected chi connectivity index (χ1v) is 10.2. The van der Waals surface area contributed by atoms with Crippen LogP contribution < -0.4 is 10.2 Å². The molecular formula is C25H26N4O3. The number of carbonyl (C=O) groups is 2. The van der Waals surface area contributed by atoms with E-state index in [1.807, 2.05) is 75.6 Å². The topological polar surface area (TPSA) is 95.4 Å². The summed E-state index contributed by atoms with van der Waals surface area (Å²) in [6, 6.07) is 17.1. The summed E-state index contributed by atoms with van der Waals surface area (Å²) in [5.41, 5.74) is 3.20. The molecule has 0 saturated carbocycles. The number of carbonyl (C=O) groups excluding carboxylic acids is 1. The lowest BCUT2D eigenvalue weighted by atomic mass is 10.00. The summed E-state index contributed by atoms with van der Waals surface area (Å²) in [5, 5.41) is 12.0. The zero-order valence-corrected chi connectivity index (χ0v) is 18.3. The first-order valence-electron chi connectivity index (χ1n) is 10.2. The smallest absolute Gasteiger partial charge is 0.308 e. The molecule has 0 radical (unpaired) electrons. The van der Waals surface area contributed by atoms with Crippen molar-refractivity contribution in [3.05, 3.63) is 89.4 Å². The Balaban J connectivity index is 1.70. The molecular weight excluding hydrogens is 404 g/mol. The monoisotopic (exact) mass is 430 g/mol. The Hall–Kier alpha value is -4.00. The van der Waals surface area contributed by atoms with Crippen molar-refractivity contribution in [1.29, 1.82) is 0 Å². The van der Waals surface area contributed by atoms with E-state index in [0.29, 0.717) is 22.9 Å². The van der Waals surface area contributed by atoms with Gasteiger partial charge in [-0.2, -0.15) is 0 Å². The Labute approximate surface area is 187 Å². The van der Waals surface area contributed by atoms with Crippen molar-refractivity contribution in [2.24, 2.45) is 0 Å². The third-order valence-electron chi connectivity index (χ3n) is 4.92. The molecule has 0 spiro atoms. The summed E-state index contributed by atoms with van der Waals surface area (Å²) in [7, 11) is 3.65. The van der Waals surface area contributed by atoms with Crippen molar-refractivity contribution in [2.75, 3.05) is 24.3 Å². The molecule has 1 unspecified atom stereocenters. The van der Waals surface area contributed by atoms with E-state index in [9.17, 15) is 9.59 Å². The van der Waals surface area contributed by atoms with Crippen molar-refractivity contribution in [3.63, 3.8) is 0 Å². The van der Waals surface area contributed by atoms with Gasteiger partial charge in [0, 0.05) is 43.5 Å².